The van der Waals surface area contributed by atoms with Crippen LogP contribution in [0.4, 0.5) is 0 Å². The predicted octanol–water partition coefficient (Wildman–Crippen LogP) is 2.49. The van der Waals surface area contributed by atoms with E-state index in [0.29, 0.717) is 17.9 Å². The van der Waals surface area contributed by atoms with E-state index in [1.807, 2.05) is 0 Å². The molecule has 20 heavy (non-hydrogen) atoms. The maximum Gasteiger partial charge on any atom is 0.228 e. The first-order valence-corrected chi connectivity index (χ1v) is 8.30. The highest BCUT2D eigenvalue weighted by Crippen LogP contribution is 2.47. The molecule has 4 fully saturated rings. The van der Waals surface area contributed by atoms with Crippen molar-refractivity contribution in [1.29, 1.82) is 0 Å². The number of fused-ring (bicyclic) bond motifs is 3. The van der Waals surface area contributed by atoms with Gasteiger partial charge in [-0.2, -0.15) is 0 Å². The molecule has 114 valence electrons. The highest BCUT2D eigenvalue weighted by Gasteiger charge is 2.51. The molecule has 1 amide bonds. The highest BCUT2D eigenvalue weighted by atomic mass is 35.5. The van der Waals surface area contributed by atoms with E-state index in [9.17, 15) is 4.79 Å². The van der Waals surface area contributed by atoms with Crippen LogP contribution in [-0.4, -0.2) is 25.0 Å². The Kier molecular flexibility index (Phi) is 4.02. The molecule has 3 unspecified atom stereocenters. The van der Waals surface area contributed by atoms with Gasteiger partial charge in [0, 0.05) is 12.6 Å². The lowest BCUT2D eigenvalue weighted by molar-refractivity contribution is -0.135. The molecule has 1 aliphatic heterocycles. The van der Waals surface area contributed by atoms with Crippen LogP contribution in [0, 0.1) is 23.2 Å². The van der Waals surface area contributed by atoms with Crippen molar-refractivity contribution in [2.45, 2.75) is 57.4 Å². The quantitative estimate of drug-likeness (QED) is 0.822. The normalized spacial score (nSPS) is 45.8. The van der Waals surface area contributed by atoms with Gasteiger partial charge in [-0.05, 0) is 56.4 Å². The molecule has 2 N–H and O–H groups in total. The number of amides is 1. The summed E-state index contributed by atoms with van der Waals surface area (Å²) in [4.78, 5) is 12.9. The molecule has 0 radical (unpaired) electrons. The van der Waals surface area contributed by atoms with Gasteiger partial charge in [-0.1, -0.05) is 19.3 Å². The van der Waals surface area contributed by atoms with Crippen molar-refractivity contribution in [3.8, 4) is 0 Å². The monoisotopic (exact) mass is 298 g/mol. The average molecular weight is 299 g/mol. The van der Waals surface area contributed by atoms with E-state index in [0.717, 1.165) is 31.3 Å². The zero-order chi connectivity index (χ0) is 12.9. The van der Waals surface area contributed by atoms with E-state index in [1.165, 1.54) is 44.9 Å². The number of nitrogens with one attached hydrogen (secondary N) is 2. The van der Waals surface area contributed by atoms with Crippen LogP contribution in [0.2, 0.25) is 0 Å². The average Bonchev–Trinajstić information content (AvgIpc) is 3.13. The van der Waals surface area contributed by atoms with Crippen molar-refractivity contribution in [3.63, 3.8) is 0 Å². The zero-order valence-corrected chi connectivity index (χ0v) is 13.0. The Labute approximate surface area is 128 Å². The molecular weight excluding hydrogens is 272 g/mol. The first-order chi connectivity index (χ1) is 9.28. The van der Waals surface area contributed by atoms with Crippen LogP contribution in [-0.2, 0) is 4.79 Å². The van der Waals surface area contributed by atoms with Crippen LogP contribution in [0.3, 0.4) is 0 Å². The molecule has 0 spiro atoms. The van der Waals surface area contributed by atoms with Gasteiger partial charge in [0.2, 0.25) is 5.91 Å². The van der Waals surface area contributed by atoms with E-state index in [-0.39, 0.29) is 17.8 Å². The van der Waals surface area contributed by atoms with Crippen LogP contribution in [0.15, 0.2) is 0 Å². The van der Waals surface area contributed by atoms with E-state index in [4.69, 9.17) is 0 Å². The summed E-state index contributed by atoms with van der Waals surface area (Å²) < 4.78 is 0. The SMILES string of the molecule is Cl.O=C(NC1CC2CCC1C2)[C@@]12CCCC[C@H]1CNC2. The minimum absolute atomic E-state index is 0. The molecule has 3 saturated carbocycles. The first kappa shape index (κ1) is 14.6. The molecule has 4 heteroatoms. The third kappa shape index (κ3) is 2.18. The van der Waals surface area contributed by atoms with Crippen LogP contribution in [0.1, 0.15) is 51.4 Å². The standard InChI is InChI=1S/C16H26N2O.ClH/c19-15(18-14-8-11-4-5-12(14)7-11)16-6-2-1-3-13(16)9-17-10-16;/h11-14,17H,1-10H2,(H,18,19);1H/t11?,12?,13-,14?,16+;/m0./s1. The number of rotatable bonds is 2. The van der Waals surface area contributed by atoms with E-state index in [2.05, 4.69) is 10.6 Å². The number of halogens is 1. The van der Waals surface area contributed by atoms with Crippen LogP contribution >= 0.6 is 12.4 Å². The minimum Gasteiger partial charge on any atom is -0.353 e. The minimum atomic E-state index is -0.0555. The van der Waals surface area contributed by atoms with Crippen LogP contribution in [0.25, 0.3) is 0 Å². The van der Waals surface area contributed by atoms with Gasteiger partial charge < -0.3 is 10.6 Å². The third-order valence-electron chi connectivity index (χ3n) is 6.54. The zero-order valence-electron chi connectivity index (χ0n) is 12.2. The molecule has 3 nitrogen and oxygen atoms in total. The summed E-state index contributed by atoms with van der Waals surface area (Å²) in [6, 6.07) is 0.504. The van der Waals surface area contributed by atoms with Crippen molar-refractivity contribution in [3.05, 3.63) is 0 Å². The van der Waals surface area contributed by atoms with Gasteiger partial charge in [0.25, 0.3) is 0 Å². The summed E-state index contributed by atoms with van der Waals surface area (Å²) in [6.45, 7) is 1.98. The Morgan fingerprint density at radius 1 is 1.15 bits per heavy atom. The van der Waals surface area contributed by atoms with Crippen molar-refractivity contribution in [2.24, 2.45) is 23.2 Å². The van der Waals surface area contributed by atoms with Crippen molar-refractivity contribution in [2.75, 3.05) is 13.1 Å². The van der Waals surface area contributed by atoms with Gasteiger partial charge in [0.05, 0.1) is 5.41 Å². The number of hydrogen-bond acceptors (Lipinski definition) is 2. The second-order valence-electron chi connectivity index (χ2n) is 7.48. The topological polar surface area (TPSA) is 41.1 Å². The molecule has 0 aromatic carbocycles. The molecule has 2 bridgehead atoms. The Hall–Kier alpha value is -0.280. The van der Waals surface area contributed by atoms with Crippen LogP contribution in [0.5, 0.6) is 0 Å². The maximum atomic E-state index is 12.9. The summed E-state index contributed by atoms with van der Waals surface area (Å²) in [5.74, 6) is 2.69. The van der Waals surface area contributed by atoms with E-state index >= 15 is 0 Å². The fraction of sp³-hybridized carbons (Fsp3) is 0.938. The molecule has 0 aromatic rings. The Morgan fingerprint density at radius 3 is 2.80 bits per heavy atom. The van der Waals surface area contributed by atoms with Gasteiger partial charge in [0.1, 0.15) is 0 Å². The molecule has 3 aliphatic carbocycles. The van der Waals surface area contributed by atoms with E-state index in [1.54, 1.807) is 0 Å². The molecular formula is C16H27ClN2O. The number of carbonyl (C=O) groups is 1. The highest BCUT2D eigenvalue weighted by molar-refractivity contribution is 5.85. The van der Waals surface area contributed by atoms with Gasteiger partial charge in [-0.15, -0.1) is 12.4 Å². The number of carbonyl (C=O) groups excluding carboxylic acids is 1. The summed E-state index contributed by atoms with van der Waals surface area (Å²) in [7, 11) is 0. The second-order valence-corrected chi connectivity index (χ2v) is 7.48. The first-order valence-electron chi connectivity index (χ1n) is 8.30. The largest absolute Gasteiger partial charge is 0.353 e. The molecule has 4 aliphatic rings. The Morgan fingerprint density at radius 2 is 2.05 bits per heavy atom. The third-order valence-corrected chi connectivity index (χ3v) is 6.54. The lowest BCUT2D eigenvalue weighted by Gasteiger charge is -2.38. The predicted molar refractivity (Wildman–Crippen MR) is 81.9 cm³/mol. The molecule has 1 saturated heterocycles. The molecule has 5 atom stereocenters. The Bertz CT molecular complexity index is 389. The lowest BCUT2D eigenvalue weighted by Crippen LogP contribution is -2.51. The van der Waals surface area contributed by atoms with Gasteiger partial charge >= 0.3 is 0 Å². The van der Waals surface area contributed by atoms with E-state index < -0.39 is 0 Å². The van der Waals surface area contributed by atoms with Gasteiger partial charge in [0.15, 0.2) is 0 Å². The lowest BCUT2D eigenvalue weighted by atomic mass is 9.67. The number of hydrogen-bond donors (Lipinski definition) is 2. The second kappa shape index (κ2) is 5.49. The summed E-state index contributed by atoms with van der Waals surface area (Å²) in [5, 5.41) is 6.95. The fourth-order valence-corrected chi connectivity index (χ4v) is 5.42. The summed E-state index contributed by atoms with van der Waals surface area (Å²) in [6.07, 6.45) is 10.3. The van der Waals surface area contributed by atoms with Crippen LogP contribution < -0.4 is 10.6 Å². The van der Waals surface area contributed by atoms with Crippen molar-refractivity contribution >= 4 is 18.3 Å². The Balaban J connectivity index is 0.00000121. The summed E-state index contributed by atoms with van der Waals surface area (Å²) in [5.41, 5.74) is -0.0555. The van der Waals surface area contributed by atoms with Crippen molar-refractivity contribution < 1.29 is 4.79 Å². The molecule has 1 heterocycles. The molecule has 4 rings (SSSR count). The van der Waals surface area contributed by atoms with Crippen molar-refractivity contribution in [1.82, 2.24) is 10.6 Å². The van der Waals surface area contributed by atoms with Gasteiger partial charge in [-0.3, -0.25) is 4.79 Å². The maximum absolute atomic E-state index is 12.9. The smallest absolute Gasteiger partial charge is 0.228 e. The summed E-state index contributed by atoms with van der Waals surface area (Å²) >= 11 is 0. The van der Waals surface area contributed by atoms with Gasteiger partial charge in [-0.25, -0.2) is 0 Å². The molecule has 0 aromatic heterocycles. The fourth-order valence-electron chi connectivity index (χ4n) is 5.42.